The average molecular weight is 1160 g/mol. The Kier molecular flexibility index (Phi) is 25.1. The van der Waals surface area contributed by atoms with Crippen molar-refractivity contribution in [2.75, 3.05) is 24.1 Å². The van der Waals surface area contributed by atoms with Gasteiger partial charge in [0.25, 0.3) is 0 Å². The summed E-state index contributed by atoms with van der Waals surface area (Å²) in [7, 11) is 0. The van der Waals surface area contributed by atoms with Crippen molar-refractivity contribution < 1.29 is 79.5 Å². The summed E-state index contributed by atoms with van der Waals surface area (Å²) in [6.07, 6.45) is -6.96. The number of nitrogens with zero attached hydrogens (tertiary/aromatic N) is 2. The second kappa shape index (κ2) is 29.9. The van der Waals surface area contributed by atoms with E-state index in [0.717, 1.165) is 48.8 Å². The van der Waals surface area contributed by atoms with E-state index >= 15 is 0 Å². The second-order valence-corrected chi connectivity index (χ2v) is 21.3. The SMILES string of the molecule is CC[C@H](C)C[C@H](C)CCCCCCCCC(=O)NC[C@H]1C[C@@H](O)[C@@H](O)NC(=O)[C@@H]2[C@@H](O)CCN2C(=O)[C@H]([C@H](O)CI)NC(=O)[C@H]([C@H](O)[C@@H](O)c2ccc(O)cc2)NC(=O)[C@@H]2C[C@@H](O)CN2C(=O)[C@H]([C@@H](C)O)NC1=O. The number of nitrogens with one attached hydrogen (secondary N) is 5. The Labute approximate surface area is 445 Å². The molecule has 14 N–H and O–H groups in total. The molecule has 3 fully saturated rings. The van der Waals surface area contributed by atoms with Crippen molar-refractivity contribution in [3.05, 3.63) is 29.8 Å². The van der Waals surface area contributed by atoms with E-state index in [2.05, 4.69) is 47.4 Å². The molecule has 0 aromatic heterocycles. The van der Waals surface area contributed by atoms with Crippen LogP contribution in [0.2, 0.25) is 0 Å². The monoisotopic (exact) mass is 1160 g/mol. The first-order chi connectivity index (χ1) is 35.0. The molecule has 0 spiro atoms. The van der Waals surface area contributed by atoms with Crippen LogP contribution in [0.25, 0.3) is 0 Å². The molecule has 0 unspecified atom stereocenters. The van der Waals surface area contributed by atoms with E-state index in [4.69, 9.17) is 0 Å². The first-order valence-corrected chi connectivity index (χ1v) is 27.4. The molecule has 4 rings (SSSR count). The van der Waals surface area contributed by atoms with E-state index in [1.807, 2.05) is 0 Å². The summed E-state index contributed by atoms with van der Waals surface area (Å²) in [5, 5.41) is 111. The molecule has 23 nitrogen and oxygen atoms in total. The number of carbonyl (C=O) groups is 7. The number of phenolic OH excluding ortho intramolecular Hbond substituents is 1. The minimum absolute atomic E-state index is 0.0535. The third-order valence-electron chi connectivity index (χ3n) is 14.4. The van der Waals surface area contributed by atoms with Gasteiger partial charge in [0, 0.05) is 36.9 Å². The fraction of sp³-hybridized carbons (Fsp3) is 0.740. The van der Waals surface area contributed by atoms with E-state index in [1.165, 1.54) is 43.5 Å². The van der Waals surface area contributed by atoms with Crippen LogP contribution in [-0.2, 0) is 33.6 Å². The van der Waals surface area contributed by atoms with Crippen LogP contribution in [-0.4, -0.2) is 194 Å². The number of fused-ring (bicyclic) bond motifs is 2. The molecular formula is C50H80IN7O16. The highest BCUT2D eigenvalue weighted by molar-refractivity contribution is 14.1. The minimum atomic E-state index is -2.26. The largest absolute Gasteiger partial charge is 0.508 e. The lowest BCUT2D eigenvalue weighted by atomic mass is 9.91. The summed E-state index contributed by atoms with van der Waals surface area (Å²) in [4.78, 5) is 100.0. The van der Waals surface area contributed by atoms with Gasteiger partial charge >= 0.3 is 0 Å². The van der Waals surface area contributed by atoms with Gasteiger partial charge in [-0.05, 0) is 62.1 Å². The third-order valence-corrected chi connectivity index (χ3v) is 15.3. The molecule has 0 aliphatic carbocycles. The van der Waals surface area contributed by atoms with E-state index in [1.54, 1.807) is 22.6 Å². The number of phenols is 1. The molecule has 74 heavy (non-hydrogen) atoms. The van der Waals surface area contributed by atoms with Crippen molar-refractivity contribution in [3.63, 3.8) is 0 Å². The van der Waals surface area contributed by atoms with Gasteiger partial charge in [0.2, 0.25) is 41.4 Å². The first kappa shape index (κ1) is 62.3. The zero-order chi connectivity index (χ0) is 55.0. The normalized spacial score (nSPS) is 29.3. The Hall–Kier alpha value is -4.28. The number of unbranched alkanes of at least 4 members (excludes halogenated alkanes) is 5. The molecule has 3 heterocycles. The number of benzene rings is 1. The lowest BCUT2D eigenvalue weighted by Crippen LogP contribution is -2.64. The van der Waals surface area contributed by atoms with Gasteiger partial charge in [-0.1, -0.05) is 100 Å². The van der Waals surface area contributed by atoms with Crippen LogP contribution in [0.1, 0.15) is 123 Å². The molecule has 3 aliphatic heterocycles. The Balaban J connectivity index is 1.64. The Morgan fingerprint density at radius 2 is 1.34 bits per heavy atom. The second-order valence-electron chi connectivity index (χ2n) is 20.4. The predicted octanol–water partition coefficient (Wildman–Crippen LogP) is -1.53. The molecule has 0 bridgehead atoms. The molecular weight excluding hydrogens is 1080 g/mol. The minimum Gasteiger partial charge on any atom is -0.508 e. The van der Waals surface area contributed by atoms with E-state index in [0.29, 0.717) is 18.3 Å². The van der Waals surface area contributed by atoms with Crippen LogP contribution in [0.3, 0.4) is 0 Å². The number of aromatic hydroxyl groups is 1. The van der Waals surface area contributed by atoms with Gasteiger partial charge in [-0.15, -0.1) is 0 Å². The Morgan fingerprint density at radius 3 is 1.97 bits per heavy atom. The van der Waals surface area contributed by atoms with E-state index in [-0.39, 0.29) is 35.1 Å². The number of amides is 7. The third kappa shape index (κ3) is 17.6. The van der Waals surface area contributed by atoms with Crippen molar-refractivity contribution in [1.29, 1.82) is 0 Å². The lowest BCUT2D eigenvalue weighted by Gasteiger charge is -2.34. The van der Waals surface area contributed by atoms with Crippen molar-refractivity contribution >= 4 is 63.9 Å². The van der Waals surface area contributed by atoms with Crippen LogP contribution >= 0.6 is 22.6 Å². The fourth-order valence-corrected chi connectivity index (χ4v) is 10.2. The molecule has 1 aromatic carbocycles. The molecule has 418 valence electrons. The summed E-state index contributed by atoms with van der Waals surface area (Å²) in [6, 6.07) is -4.69. The summed E-state index contributed by atoms with van der Waals surface area (Å²) >= 11 is 1.70. The molecule has 3 aliphatic rings. The molecule has 7 amide bonds. The highest BCUT2D eigenvalue weighted by Gasteiger charge is 2.48. The topological polar surface area (TPSA) is 368 Å². The highest BCUT2D eigenvalue weighted by Crippen LogP contribution is 2.27. The van der Waals surface area contributed by atoms with Gasteiger partial charge in [-0.2, -0.15) is 0 Å². The summed E-state index contributed by atoms with van der Waals surface area (Å²) < 4.78 is -0.226. The number of halogens is 1. The summed E-state index contributed by atoms with van der Waals surface area (Å²) in [5.74, 6) is -7.77. The zero-order valence-electron chi connectivity index (χ0n) is 42.7. The summed E-state index contributed by atoms with van der Waals surface area (Å²) in [6.45, 7) is 6.58. The molecule has 24 heteroatoms. The predicted molar refractivity (Wildman–Crippen MR) is 275 cm³/mol. The zero-order valence-corrected chi connectivity index (χ0v) is 44.9. The van der Waals surface area contributed by atoms with Gasteiger partial charge < -0.3 is 82.3 Å². The maximum atomic E-state index is 14.3. The van der Waals surface area contributed by atoms with Crippen molar-refractivity contribution in [3.8, 4) is 5.75 Å². The van der Waals surface area contributed by atoms with Gasteiger partial charge in [0.15, 0.2) is 6.23 Å². The van der Waals surface area contributed by atoms with E-state index < -0.39 is 152 Å². The van der Waals surface area contributed by atoms with Crippen molar-refractivity contribution in [2.24, 2.45) is 17.8 Å². The Bertz CT molecular complexity index is 2020. The number of carbonyl (C=O) groups excluding carboxylic acids is 7. The number of aliphatic hydroxyl groups excluding tert-OH is 8. The van der Waals surface area contributed by atoms with Crippen LogP contribution in [0.15, 0.2) is 24.3 Å². The quantitative estimate of drug-likeness (QED) is 0.0400. The van der Waals surface area contributed by atoms with Crippen LogP contribution in [0.5, 0.6) is 5.75 Å². The van der Waals surface area contributed by atoms with Gasteiger partial charge in [-0.25, -0.2) is 0 Å². The number of rotatable bonds is 20. The van der Waals surface area contributed by atoms with Crippen molar-refractivity contribution in [2.45, 2.75) is 190 Å². The van der Waals surface area contributed by atoms with E-state index in [9.17, 15) is 79.5 Å². The van der Waals surface area contributed by atoms with Gasteiger partial charge in [-0.3, -0.25) is 33.6 Å². The molecule has 0 saturated carbocycles. The van der Waals surface area contributed by atoms with Gasteiger partial charge in [0.05, 0.1) is 36.4 Å². The Morgan fingerprint density at radius 1 is 0.730 bits per heavy atom. The summed E-state index contributed by atoms with van der Waals surface area (Å²) in [5.41, 5.74) is -0.0535. The highest BCUT2D eigenvalue weighted by atomic mass is 127. The molecule has 16 atom stereocenters. The molecule has 0 radical (unpaired) electrons. The number of hydrogen-bond acceptors (Lipinski definition) is 16. The maximum Gasteiger partial charge on any atom is 0.248 e. The molecule has 1 aromatic rings. The average Bonchev–Trinajstić information content (AvgIpc) is 3.96. The van der Waals surface area contributed by atoms with Crippen LogP contribution < -0.4 is 26.6 Å². The smallest absolute Gasteiger partial charge is 0.248 e. The number of alkyl halides is 1. The maximum absolute atomic E-state index is 14.3. The first-order valence-electron chi connectivity index (χ1n) is 25.9. The van der Waals surface area contributed by atoms with Gasteiger partial charge in [0.1, 0.15) is 48.2 Å². The number of hydrogen-bond donors (Lipinski definition) is 14. The van der Waals surface area contributed by atoms with Crippen LogP contribution in [0.4, 0.5) is 0 Å². The lowest BCUT2D eigenvalue weighted by molar-refractivity contribution is -0.148. The van der Waals surface area contributed by atoms with Crippen LogP contribution in [0, 0.1) is 17.8 Å². The standard InChI is InChI=1S/C50H80IN7O16/c1-5-26(2)20-27(3)12-10-8-6-7-9-11-13-37(65)52-24-30-21-35(63)46(70)56-48(72)41-34(62)18-19-57(41)50(74)39(36(64)23-51)54-47(71)40(43(67)42(66)29-14-16-31(60)17-15-29)55-45(69)33-22-32(61)25-58(33)49(73)38(28(4)59)53-44(30)68/h14-17,26-28,30,32-36,38-43,46,59-64,66-67,70H,5-13,18-25H2,1-4H3,(H,52,65)(H,53,68)(H,54,71)(H,55,69)(H,56,72)/t26-,27+,28+,30+,32+,33-,34-,35+,36+,38-,39-,40-,41-,42-,43-,46+/m0/s1. The fourth-order valence-electron chi connectivity index (χ4n) is 9.74. The number of aliphatic hydroxyl groups is 8. The van der Waals surface area contributed by atoms with Crippen molar-refractivity contribution in [1.82, 2.24) is 36.4 Å². The molecule has 3 saturated heterocycles.